The Morgan fingerprint density at radius 2 is 1.71 bits per heavy atom. The summed E-state index contributed by atoms with van der Waals surface area (Å²) < 4.78 is 23.2. The molecule has 0 bridgehead atoms. The molecule has 3 nitrogen and oxygen atoms in total. The Morgan fingerprint density at radius 1 is 1.19 bits per heavy atom. The zero-order valence-corrected chi connectivity index (χ0v) is 15.3. The Labute approximate surface area is 133 Å². The molecule has 0 radical (unpaired) electrons. The molecule has 1 rings (SSSR count). The summed E-state index contributed by atoms with van der Waals surface area (Å²) in [6, 6.07) is 7.37. The van der Waals surface area contributed by atoms with Gasteiger partial charge in [0.25, 0.3) is 0 Å². The van der Waals surface area contributed by atoms with Gasteiger partial charge in [0.05, 0.1) is 4.90 Å². The maximum absolute atomic E-state index is 11.5. The summed E-state index contributed by atoms with van der Waals surface area (Å²) in [4.78, 5) is 0.374. The summed E-state index contributed by atoms with van der Waals surface area (Å²) in [6.07, 6.45) is 5.67. The molecule has 0 saturated carbocycles. The van der Waals surface area contributed by atoms with Crippen LogP contribution >= 0.6 is 11.8 Å². The van der Waals surface area contributed by atoms with Crippen LogP contribution in [0, 0.1) is 0 Å². The zero-order chi connectivity index (χ0) is 16.1. The first kappa shape index (κ1) is 18.5. The molecule has 0 aromatic heterocycles. The Kier molecular flexibility index (Phi) is 6.75. The minimum atomic E-state index is -3.12. The van der Waals surface area contributed by atoms with E-state index in [0.29, 0.717) is 4.90 Å². The quantitative estimate of drug-likeness (QED) is 0.790. The molecule has 1 atom stereocenters. The Balaban J connectivity index is 2.74. The van der Waals surface area contributed by atoms with Crippen LogP contribution in [0.2, 0.25) is 0 Å². The molecule has 0 aliphatic carbocycles. The van der Waals surface area contributed by atoms with Gasteiger partial charge in [0.2, 0.25) is 0 Å². The van der Waals surface area contributed by atoms with Crippen LogP contribution in [-0.2, 0) is 9.84 Å². The standard InChI is InChI=1S/C16H27NO2S2/c1-6-16(7-2,20-4)12-17-13(3)14-8-10-15(11-9-14)21(5,18)19/h8-11,13,17H,6-7,12H2,1-5H3. The molecule has 1 aromatic rings. The Bertz CT molecular complexity index is 526. The highest BCUT2D eigenvalue weighted by atomic mass is 32.2. The minimum absolute atomic E-state index is 0.211. The fourth-order valence-corrected chi connectivity index (χ4v) is 3.76. The van der Waals surface area contributed by atoms with Crippen molar-refractivity contribution in [3.63, 3.8) is 0 Å². The van der Waals surface area contributed by atoms with Gasteiger partial charge in [-0.1, -0.05) is 26.0 Å². The van der Waals surface area contributed by atoms with E-state index >= 15 is 0 Å². The average Bonchev–Trinajstić information content (AvgIpc) is 2.48. The van der Waals surface area contributed by atoms with Crippen molar-refractivity contribution < 1.29 is 8.42 Å². The highest BCUT2D eigenvalue weighted by Crippen LogP contribution is 2.30. The lowest BCUT2D eigenvalue weighted by molar-refractivity contribution is 0.459. The monoisotopic (exact) mass is 329 g/mol. The summed E-state index contributed by atoms with van der Waals surface area (Å²) in [5, 5.41) is 3.58. The number of benzene rings is 1. The van der Waals surface area contributed by atoms with Crippen molar-refractivity contribution in [2.24, 2.45) is 0 Å². The average molecular weight is 330 g/mol. The molecule has 1 N–H and O–H groups in total. The Morgan fingerprint density at radius 3 is 2.10 bits per heavy atom. The van der Waals surface area contributed by atoms with Crippen molar-refractivity contribution in [2.45, 2.75) is 49.3 Å². The van der Waals surface area contributed by atoms with Crippen molar-refractivity contribution in [1.29, 1.82) is 0 Å². The number of thioether (sulfide) groups is 1. The summed E-state index contributed by atoms with van der Waals surface area (Å²) >= 11 is 1.92. The number of rotatable bonds is 8. The van der Waals surface area contributed by atoms with Crippen molar-refractivity contribution >= 4 is 21.6 Å². The molecule has 1 aromatic carbocycles. The molecule has 0 saturated heterocycles. The van der Waals surface area contributed by atoms with Crippen LogP contribution < -0.4 is 5.32 Å². The highest BCUT2D eigenvalue weighted by molar-refractivity contribution is 8.00. The molecule has 0 spiro atoms. The van der Waals surface area contributed by atoms with E-state index in [2.05, 4.69) is 32.3 Å². The molecule has 5 heteroatoms. The first-order chi connectivity index (χ1) is 9.78. The van der Waals surface area contributed by atoms with E-state index in [9.17, 15) is 8.42 Å². The molecule has 120 valence electrons. The number of hydrogen-bond donors (Lipinski definition) is 1. The number of nitrogens with one attached hydrogen (secondary N) is 1. The lowest BCUT2D eigenvalue weighted by atomic mass is 10.0. The van der Waals surface area contributed by atoms with Crippen LogP contribution in [0.3, 0.4) is 0 Å². The fourth-order valence-electron chi connectivity index (χ4n) is 2.32. The molecular formula is C16H27NO2S2. The van der Waals surface area contributed by atoms with E-state index in [-0.39, 0.29) is 10.8 Å². The van der Waals surface area contributed by atoms with Crippen molar-refractivity contribution in [3.8, 4) is 0 Å². The topological polar surface area (TPSA) is 46.2 Å². The lowest BCUT2D eigenvalue weighted by Crippen LogP contribution is -2.37. The third-order valence-electron chi connectivity index (χ3n) is 4.26. The van der Waals surface area contributed by atoms with Crippen LogP contribution in [0.4, 0.5) is 0 Å². The third-order valence-corrected chi connectivity index (χ3v) is 6.98. The summed E-state index contributed by atoms with van der Waals surface area (Å²) in [6.45, 7) is 7.53. The largest absolute Gasteiger partial charge is 0.309 e. The van der Waals surface area contributed by atoms with Gasteiger partial charge in [0.1, 0.15) is 0 Å². The molecule has 0 amide bonds. The van der Waals surface area contributed by atoms with Crippen molar-refractivity contribution in [2.75, 3.05) is 19.1 Å². The predicted octanol–water partition coefficient (Wildman–Crippen LogP) is 3.66. The van der Waals surface area contributed by atoms with Crippen LogP contribution in [0.25, 0.3) is 0 Å². The SMILES string of the molecule is CCC(CC)(CNC(C)c1ccc(S(C)(=O)=O)cc1)SC. The molecule has 1 unspecified atom stereocenters. The first-order valence-electron chi connectivity index (χ1n) is 7.36. The maximum Gasteiger partial charge on any atom is 0.175 e. The van der Waals surface area contributed by atoms with E-state index in [1.165, 1.54) is 6.26 Å². The van der Waals surface area contributed by atoms with Gasteiger partial charge in [-0.05, 0) is 43.7 Å². The molecule has 21 heavy (non-hydrogen) atoms. The van der Waals surface area contributed by atoms with E-state index in [0.717, 1.165) is 24.9 Å². The molecule has 0 heterocycles. The van der Waals surface area contributed by atoms with Crippen LogP contribution in [0.5, 0.6) is 0 Å². The van der Waals surface area contributed by atoms with Crippen LogP contribution in [-0.4, -0.2) is 32.2 Å². The third kappa shape index (κ3) is 5.01. The lowest BCUT2D eigenvalue weighted by Gasteiger charge is -2.31. The summed E-state index contributed by atoms with van der Waals surface area (Å²) in [7, 11) is -3.12. The van der Waals surface area contributed by atoms with Gasteiger partial charge in [-0.3, -0.25) is 0 Å². The first-order valence-corrected chi connectivity index (χ1v) is 10.5. The molecular weight excluding hydrogens is 302 g/mol. The molecule has 0 aliphatic heterocycles. The highest BCUT2D eigenvalue weighted by Gasteiger charge is 2.25. The van der Waals surface area contributed by atoms with Crippen LogP contribution in [0.15, 0.2) is 29.2 Å². The second kappa shape index (κ2) is 7.65. The second-order valence-electron chi connectivity index (χ2n) is 5.54. The number of hydrogen-bond acceptors (Lipinski definition) is 4. The molecule has 0 fully saturated rings. The van der Waals surface area contributed by atoms with E-state index in [1.807, 2.05) is 23.9 Å². The van der Waals surface area contributed by atoms with Gasteiger partial charge in [-0.15, -0.1) is 0 Å². The van der Waals surface area contributed by atoms with Gasteiger partial charge in [0.15, 0.2) is 9.84 Å². The minimum Gasteiger partial charge on any atom is -0.309 e. The van der Waals surface area contributed by atoms with E-state index < -0.39 is 9.84 Å². The Hall–Kier alpha value is -0.520. The fraction of sp³-hybridized carbons (Fsp3) is 0.625. The van der Waals surface area contributed by atoms with Gasteiger partial charge in [-0.25, -0.2) is 8.42 Å². The number of sulfone groups is 1. The maximum atomic E-state index is 11.5. The predicted molar refractivity (Wildman–Crippen MR) is 92.8 cm³/mol. The van der Waals surface area contributed by atoms with Crippen molar-refractivity contribution in [3.05, 3.63) is 29.8 Å². The normalized spacial score (nSPS) is 14.1. The van der Waals surface area contributed by atoms with Gasteiger partial charge in [0, 0.05) is 23.6 Å². The second-order valence-corrected chi connectivity index (χ2v) is 8.83. The van der Waals surface area contributed by atoms with Gasteiger partial charge in [-0.2, -0.15) is 11.8 Å². The van der Waals surface area contributed by atoms with Crippen LogP contribution in [0.1, 0.15) is 45.2 Å². The summed E-state index contributed by atoms with van der Waals surface area (Å²) in [5.74, 6) is 0. The van der Waals surface area contributed by atoms with E-state index in [1.54, 1.807) is 12.1 Å². The molecule has 0 aliphatic rings. The zero-order valence-electron chi connectivity index (χ0n) is 13.6. The summed E-state index contributed by atoms with van der Waals surface area (Å²) in [5.41, 5.74) is 1.12. The van der Waals surface area contributed by atoms with E-state index in [4.69, 9.17) is 0 Å². The smallest absolute Gasteiger partial charge is 0.175 e. The van der Waals surface area contributed by atoms with Gasteiger partial charge < -0.3 is 5.32 Å². The van der Waals surface area contributed by atoms with Crippen molar-refractivity contribution in [1.82, 2.24) is 5.32 Å². The van der Waals surface area contributed by atoms with Gasteiger partial charge >= 0.3 is 0 Å².